The number of carbonyl (C=O) groups is 1. The molecule has 162 valence electrons. The lowest BCUT2D eigenvalue weighted by atomic mass is 10.0. The Hall–Kier alpha value is -3.40. The third kappa shape index (κ3) is 6.29. The van der Waals surface area contributed by atoms with Gasteiger partial charge in [0.05, 0.1) is 13.3 Å². The minimum absolute atomic E-state index is 0.214. The number of thioether (sulfide) groups is 1. The van der Waals surface area contributed by atoms with E-state index >= 15 is 0 Å². The van der Waals surface area contributed by atoms with E-state index in [0.717, 1.165) is 11.8 Å². The summed E-state index contributed by atoms with van der Waals surface area (Å²) in [4.78, 5) is 18.8. The molecule has 0 aliphatic carbocycles. The summed E-state index contributed by atoms with van der Waals surface area (Å²) in [5.74, 6) is 1.37. The number of methoxy groups -OCH3 is 1. The van der Waals surface area contributed by atoms with Crippen LogP contribution in [0.25, 0.3) is 11.1 Å². The van der Waals surface area contributed by atoms with Gasteiger partial charge in [-0.15, -0.1) is 0 Å². The van der Waals surface area contributed by atoms with Gasteiger partial charge in [0.1, 0.15) is 29.0 Å². The van der Waals surface area contributed by atoms with Gasteiger partial charge in [0, 0.05) is 41.4 Å². The van der Waals surface area contributed by atoms with Crippen LogP contribution in [0.3, 0.4) is 0 Å². The normalized spacial score (nSPS) is 10.5. The van der Waals surface area contributed by atoms with Gasteiger partial charge in [0.25, 0.3) is 0 Å². The van der Waals surface area contributed by atoms with Crippen LogP contribution in [0, 0.1) is 11.6 Å². The summed E-state index contributed by atoms with van der Waals surface area (Å²) in [6.07, 6.45) is 1.68. The first-order chi connectivity index (χ1) is 15.0. The van der Waals surface area contributed by atoms with Crippen molar-refractivity contribution in [3.63, 3.8) is 0 Å². The molecule has 0 radical (unpaired) electrons. The molecule has 0 atom stereocenters. The maximum atomic E-state index is 14.4. The number of hydrogen-bond donors (Lipinski definition) is 3. The summed E-state index contributed by atoms with van der Waals surface area (Å²) < 4.78 is 33.1. The molecular formula is C21H20F2N4O3S. The molecule has 0 saturated heterocycles. The summed E-state index contributed by atoms with van der Waals surface area (Å²) in [5.41, 5.74) is 1.60. The first-order valence-corrected chi connectivity index (χ1v) is 10.4. The molecule has 1 aromatic carbocycles. The Morgan fingerprint density at radius 2 is 1.94 bits per heavy atom. The van der Waals surface area contributed by atoms with Crippen molar-refractivity contribution in [2.75, 3.05) is 24.7 Å². The van der Waals surface area contributed by atoms with Crippen LogP contribution in [-0.4, -0.2) is 40.6 Å². The minimum atomic E-state index is -1.04. The lowest BCUT2D eigenvalue weighted by Crippen LogP contribution is -2.23. The van der Waals surface area contributed by atoms with Crippen molar-refractivity contribution in [3.05, 3.63) is 66.0 Å². The highest BCUT2D eigenvalue weighted by Crippen LogP contribution is 2.33. The number of anilines is 2. The van der Waals surface area contributed by atoms with Crippen molar-refractivity contribution in [2.24, 2.45) is 0 Å². The predicted molar refractivity (Wildman–Crippen MR) is 116 cm³/mol. The Bertz CT molecular complexity index is 1070. The Labute approximate surface area is 181 Å². The van der Waals surface area contributed by atoms with Crippen molar-refractivity contribution in [2.45, 2.75) is 5.75 Å². The molecule has 7 nitrogen and oxygen atoms in total. The van der Waals surface area contributed by atoms with Crippen LogP contribution in [0.4, 0.5) is 25.2 Å². The van der Waals surface area contributed by atoms with E-state index in [1.807, 2.05) is 12.1 Å². The zero-order valence-corrected chi connectivity index (χ0v) is 17.4. The molecule has 31 heavy (non-hydrogen) atoms. The number of halogens is 2. The molecule has 3 N–H and O–H groups in total. The van der Waals surface area contributed by atoms with Crippen LogP contribution in [-0.2, 0) is 5.75 Å². The molecule has 3 aromatic rings. The lowest BCUT2D eigenvalue weighted by Gasteiger charge is -2.12. The number of rotatable bonds is 9. The summed E-state index contributed by atoms with van der Waals surface area (Å²) in [6, 6.07) is 9.07. The Morgan fingerprint density at radius 3 is 2.71 bits per heavy atom. The van der Waals surface area contributed by atoms with E-state index in [9.17, 15) is 13.6 Å². The van der Waals surface area contributed by atoms with E-state index < -0.39 is 17.7 Å². The second-order valence-electron chi connectivity index (χ2n) is 6.35. The average Bonchev–Trinajstić information content (AvgIpc) is 2.75. The van der Waals surface area contributed by atoms with Crippen LogP contribution in [0.15, 0.2) is 48.8 Å². The molecular weight excluding hydrogens is 426 g/mol. The second kappa shape index (κ2) is 10.6. The molecule has 2 heterocycles. The quantitative estimate of drug-likeness (QED) is 0.411. The van der Waals surface area contributed by atoms with E-state index in [1.54, 1.807) is 18.0 Å². The van der Waals surface area contributed by atoms with E-state index in [1.165, 1.54) is 31.4 Å². The Kier molecular flexibility index (Phi) is 7.60. The van der Waals surface area contributed by atoms with Gasteiger partial charge >= 0.3 is 6.09 Å². The topological polar surface area (TPSA) is 96.4 Å². The van der Waals surface area contributed by atoms with Gasteiger partial charge in [-0.1, -0.05) is 0 Å². The molecule has 0 aliphatic rings. The molecule has 2 aromatic heterocycles. The fourth-order valence-corrected chi connectivity index (χ4v) is 3.59. The van der Waals surface area contributed by atoms with Crippen molar-refractivity contribution in [3.8, 4) is 16.9 Å². The number of pyridine rings is 2. The number of ether oxygens (including phenoxy) is 1. The fraction of sp³-hybridized carbons (Fsp3) is 0.190. The highest BCUT2D eigenvalue weighted by atomic mass is 32.2. The maximum absolute atomic E-state index is 14.4. The predicted octanol–water partition coefficient (Wildman–Crippen LogP) is 4.67. The highest BCUT2D eigenvalue weighted by Gasteiger charge is 2.14. The van der Waals surface area contributed by atoms with Gasteiger partial charge in [-0.2, -0.15) is 11.8 Å². The number of amides is 1. The summed E-state index contributed by atoms with van der Waals surface area (Å²) >= 11 is 1.58. The van der Waals surface area contributed by atoms with Crippen LogP contribution >= 0.6 is 11.8 Å². The smallest absolute Gasteiger partial charge is 0.404 e. The third-order valence-electron chi connectivity index (χ3n) is 4.18. The zero-order chi connectivity index (χ0) is 22.2. The van der Waals surface area contributed by atoms with E-state index in [0.29, 0.717) is 35.2 Å². The molecule has 0 bridgehead atoms. The summed E-state index contributed by atoms with van der Waals surface area (Å²) in [6.45, 7) is 0.366. The molecule has 0 aliphatic heterocycles. The summed E-state index contributed by atoms with van der Waals surface area (Å²) in [5, 5.41) is 13.9. The first kappa shape index (κ1) is 22.3. The van der Waals surface area contributed by atoms with Crippen LogP contribution in [0.1, 0.15) is 5.56 Å². The van der Waals surface area contributed by atoms with E-state index in [-0.39, 0.29) is 11.3 Å². The summed E-state index contributed by atoms with van der Waals surface area (Å²) in [7, 11) is 1.39. The van der Waals surface area contributed by atoms with Gasteiger partial charge in [0.2, 0.25) is 0 Å². The minimum Gasteiger partial charge on any atom is -0.496 e. The molecule has 10 heteroatoms. The maximum Gasteiger partial charge on any atom is 0.404 e. The van der Waals surface area contributed by atoms with Crippen molar-refractivity contribution in [1.82, 2.24) is 15.3 Å². The van der Waals surface area contributed by atoms with Gasteiger partial charge in [-0.25, -0.2) is 23.5 Å². The number of carboxylic acid groups (broad SMARTS) is 1. The van der Waals surface area contributed by atoms with E-state index in [2.05, 4.69) is 20.6 Å². The number of aromatic nitrogens is 2. The van der Waals surface area contributed by atoms with Gasteiger partial charge in [-0.05, 0) is 35.9 Å². The lowest BCUT2D eigenvalue weighted by molar-refractivity contribution is 0.195. The van der Waals surface area contributed by atoms with Crippen molar-refractivity contribution in [1.29, 1.82) is 0 Å². The van der Waals surface area contributed by atoms with Gasteiger partial charge in [-0.3, -0.25) is 0 Å². The highest BCUT2D eigenvalue weighted by molar-refractivity contribution is 7.98. The van der Waals surface area contributed by atoms with Crippen molar-refractivity contribution >= 4 is 29.5 Å². The van der Waals surface area contributed by atoms with Gasteiger partial charge < -0.3 is 20.5 Å². The number of nitrogens with one attached hydrogen (secondary N) is 2. The Morgan fingerprint density at radius 1 is 1.13 bits per heavy atom. The number of benzene rings is 1. The number of nitrogens with zero attached hydrogens (tertiary/aromatic N) is 2. The van der Waals surface area contributed by atoms with Crippen LogP contribution in [0.5, 0.6) is 5.75 Å². The molecule has 0 saturated carbocycles. The third-order valence-corrected chi connectivity index (χ3v) is 5.21. The molecule has 0 unspecified atom stereocenters. The molecule has 3 rings (SSSR count). The second-order valence-corrected chi connectivity index (χ2v) is 7.46. The molecule has 1 amide bonds. The zero-order valence-electron chi connectivity index (χ0n) is 16.6. The van der Waals surface area contributed by atoms with Crippen LogP contribution < -0.4 is 15.4 Å². The van der Waals surface area contributed by atoms with Crippen molar-refractivity contribution < 1.29 is 23.4 Å². The molecule has 0 fully saturated rings. The standard InChI is InChI=1S/C21H20F2N4O3S/c1-30-18-9-14(22)2-3-15(18)16-10-20(26-11-17(16)23)27-19-8-13(4-5-24-19)12-31-7-6-25-21(28)29/h2-5,8-11,25H,6-7,12H2,1H3,(H,28,29)(H,24,26,27). The molecule has 0 spiro atoms. The van der Waals surface area contributed by atoms with Gasteiger partial charge in [0.15, 0.2) is 0 Å². The monoisotopic (exact) mass is 446 g/mol. The van der Waals surface area contributed by atoms with Crippen LogP contribution in [0.2, 0.25) is 0 Å². The van der Waals surface area contributed by atoms with E-state index in [4.69, 9.17) is 9.84 Å². The Balaban J connectivity index is 1.72. The first-order valence-electron chi connectivity index (χ1n) is 9.22. The average molecular weight is 446 g/mol. The number of hydrogen-bond acceptors (Lipinski definition) is 6. The fourth-order valence-electron chi connectivity index (χ4n) is 2.78. The largest absolute Gasteiger partial charge is 0.496 e. The SMILES string of the molecule is COc1cc(F)ccc1-c1cc(Nc2cc(CSCCNC(=O)O)ccn2)ncc1F.